The van der Waals surface area contributed by atoms with Crippen LogP contribution in [0.4, 0.5) is 0 Å². The van der Waals surface area contributed by atoms with E-state index in [9.17, 15) is 0 Å². The Morgan fingerprint density at radius 1 is 1.17 bits per heavy atom. The van der Waals surface area contributed by atoms with Crippen LogP contribution in [-0.4, -0.2) is 37.1 Å². The van der Waals surface area contributed by atoms with Crippen molar-refractivity contribution in [1.29, 1.82) is 10.5 Å². The van der Waals surface area contributed by atoms with E-state index in [1.807, 2.05) is 32.9 Å². The zero-order valence-corrected chi connectivity index (χ0v) is 10.9. The van der Waals surface area contributed by atoms with Gasteiger partial charge in [0.2, 0.25) is 0 Å². The molecule has 6 heteroatoms. The highest BCUT2D eigenvalue weighted by atomic mass is 16.6. The summed E-state index contributed by atoms with van der Waals surface area (Å²) in [7, 11) is 0. The van der Waals surface area contributed by atoms with Crippen molar-refractivity contribution in [3.05, 3.63) is 11.4 Å². The van der Waals surface area contributed by atoms with Gasteiger partial charge in [-0.25, -0.2) is 0 Å². The molecule has 6 nitrogen and oxygen atoms in total. The lowest BCUT2D eigenvalue weighted by molar-refractivity contribution is -0.144. The highest BCUT2D eigenvalue weighted by molar-refractivity contribution is 5.37. The van der Waals surface area contributed by atoms with Gasteiger partial charge in [-0.2, -0.15) is 10.5 Å². The van der Waals surface area contributed by atoms with Crippen molar-refractivity contribution < 1.29 is 9.47 Å². The summed E-state index contributed by atoms with van der Waals surface area (Å²) >= 11 is 0. The first-order valence-electron chi connectivity index (χ1n) is 6.04. The molecule has 0 fully saturated rings. The van der Waals surface area contributed by atoms with E-state index in [-0.39, 0.29) is 5.70 Å². The van der Waals surface area contributed by atoms with Gasteiger partial charge in [0.1, 0.15) is 17.8 Å². The van der Waals surface area contributed by atoms with Crippen LogP contribution in [0, 0.1) is 22.7 Å². The van der Waals surface area contributed by atoms with E-state index in [4.69, 9.17) is 20.0 Å². The minimum Gasteiger partial charge on any atom is -0.354 e. The fraction of sp³-hybridized carbons (Fsp3) is 0.667. The number of allylic oxidation sites excluding steroid dienone is 2. The SMILES string of the molecule is CCO[C@@H]1[C@H](OCC)NC(C#N)=C(C#N)N1CC. The Bertz CT molecular complexity index is 394. The number of nitrogens with zero attached hydrogens (tertiary/aromatic N) is 3. The molecule has 0 amide bonds. The molecule has 0 saturated heterocycles. The molecule has 0 unspecified atom stereocenters. The summed E-state index contributed by atoms with van der Waals surface area (Å²) in [5.41, 5.74) is 0.531. The highest BCUT2D eigenvalue weighted by Gasteiger charge is 2.36. The molecule has 1 aliphatic heterocycles. The minimum atomic E-state index is -0.443. The lowest BCUT2D eigenvalue weighted by Gasteiger charge is -2.40. The van der Waals surface area contributed by atoms with Crippen molar-refractivity contribution in [1.82, 2.24) is 10.2 Å². The van der Waals surface area contributed by atoms with Crippen molar-refractivity contribution in [3.63, 3.8) is 0 Å². The smallest absolute Gasteiger partial charge is 0.175 e. The Hall–Kier alpha value is -1.76. The maximum atomic E-state index is 9.16. The predicted octanol–water partition coefficient (Wildman–Crippen LogP) is 0.895. The summed E-state index contributed by atoms with van der Waals surface area (Å²) in [6, 6.07) is 4.03. The van der Waals surface area contributed by atoms with Gasteiger partial charge in [0, 0.05) is 19.8 Å². The Kier molecular flexibility index (Phi) is 5.44. The van der Waals surface area contributed by atoms with E-state index in [0.29, 0.717) is 25.5 Å². The molecule has 0 radical (unpaired) electrons. The van der Waals surface area contributed by atoms with Crippen LogP contribution in [-0.2, 0) is 9.47 Å². The maximum Gasteiger partial charge on any atom is 0.175 e. The fourth-order valence-electron chi connectivity index (χ4n) is 1.91. The van der Waals surface area contributed by atoms with Gasteiger partial charge in [0.05, 0.1) is 0 Å². The first kappa shape index (κ1) is 14.3. The Morgan fingerprint density at radius 2 is 1.83 bits per heavy atom. The second-order valence-electron chi connectivity index (χ2n) is 3.60. The van der Waals surface area contributed by atoms with Crippen LogP contribution < -0.4 is 5.32 Å². The van der Waals surface area contributed by atoms with Crippen molar-refractivity contribution >= 4 is 0 Å². The van der Waals surface area contributed by atoms with Crippen LogP contribution in [0.5, 0.6) is 0 Å². The predicted molar refractivity (Wildman–Crippen MR) is 64.6 cm³/mol. The largest absolute Gasteiger partial charge is 0.354 e. The maximum absolute atomic E-state index is 9.16. The third kappa shape index (κ3) is 2.73. The number of likely N-dealkylation sites (N-methyl/N-ethyl adjacent to an activating group) is 1. The summed E-state index contributed by atoms with van der Waals surface area (Å²) in [6.45, 7) is 7.24. The van der Waals surface area contributed by atoms with Crippen LogP contribution in [0.1, 0.15) is 20.8 Å². The third-order valence-electron chi connectivity index (χ3n) is 2.62. The van der Waals surface area contributed by atoms with Gasteiger partial charge in [0.25, 0.3) is 0 Å². The third-order valence-corrected chi connectivity index (χ3v) is 2.62. The minimum absolute atomic E-state index is 0.230. The normalized spacial score (nSPS) is 23.3. The van der Waals surface area contributed by atoms with Crippen LogP contribution in [0.25, 0.3) is 0 Å². The number of hydrogen-bond donors (Lipinski definition) is 1. The molecule has 1 aliphatic rings. The molecular formula is C12H18N4O2. The number of ether oxygens (including phenoxy) is 2. The molecular weight excluding hydrogens is 232 g/mol. The van der Waals surface area contributed by atoms with E-state index in [1.165, 1.54) is 0 Å². The summed E-state index contributed by atoms with van der Waals surface area (Å²) in [6.07, 6.45) is -0.839. The van der Waals surface area contributed by atoms with Crippen LogP contribution >= 0.6 is 0 Å². The topological polar surface area (TPSA) is 81.3 Å². The highest BCUT2D eigenvalue weighted by Crippen LogP contribution is 2.22. The molecule has 0 aromatic carbocycles. The standard InChI is InChI=1S/C12H18N4O2/c1-4-16-10(8-14)9(7-13)15-11(17-5-2)12(16)18-6-3/h11-12,15H,4-6H2,1-3H3/t11-,12+/m0/s1. The van der Waals surface area contributed by atoms with E-state index in [0.717, 1.165) is 0 Å². The van der Waals surface area contributed by atoms with Crippen LogP contribution in [0.2, 0.25) is 0 Å². The first-order chi connectivity index (χ1) is 8.73. The van der Waals surface area contributed by atoms with Gasteiger partial charge in [-0.3, -0.25) is 0 Å². The monoisotopic (exact) mass is 250 g/mol. The van der Waals surface area contributed by atoms with E-state index >= 15 is 0 Å². The summed E-state index contributed by atoms with van der Waals surface area (Å²) in [5.74, 6) is 0. The van der Waals surface area contributed by atoms with Gasteiger partial charge in [-0.05, 0) is 20.8 Å². The van der Waals surface area contributed by atoms with E-state index in [1.54, 1.807) is 4.90 Å². The van der Waals surface area contributed by atoms with E-state index in [2.05, 4.69) is 5.32 Å². The molecule has 0 aliphatic carbocycles. The second-order valence-corrected chi connectivity index (χ2v) is 3.60. The van der Waals surface area contributed by atoms with Crippen LogP contribution in [0.15, 0.2) is 11.4 Å². The molecule has 0 spiro atoms. The average molecular weight is 250 g/mol. The number of rotatable bonds is 5. The van der Waals surface area contributed by atoms with Crippen molar-refractivity contribution in [2.75, 3.05) is 19.8 Å². The summed E-state index contributed by atoms with van der Waals surface area (Å²) in [5, 5.41) is 21.1. The van der Waals surface area contributed by atoms with Crippen molar-refractivity contribution in [2.45, 2.75) is 33.2 Å². The first-order valence-corrected chi connectivity index (χ1v) is 6.04. The quantitative estimate of drug-likeness (QED) is 0.780. The molecule has 0 aromatic heterocycles. The Labute approximate surface area is 107 Å². The molecule has 1 N–H and O–H groups in total. The second kappa shape index (κ2) is 6.85. The van der Waals surface area contributed by atoms with Gasteiger partial charge in [0.15, 0.2) is 18.2 Å². The van der Waals surface area contributed by atoms with Crippen molar-refractivity contribution in [2.24, 2.45) is 0 Å². The molecule has 0 saturated carbocycles. The molecule has 1 rings (SSSR count). The zero-order chi connectivity index (χ0) is 13.5. The van der Waals surface area contributed by atoms with Crippen molar-refractivity contribution in [3.8, 4) is 12.1 Å². The number of nitrogens with one attached hydrogen (secondary N) is 1. The molecule has 0 aromatic rings. The number of nitriles is 2. The summed E-state index contributed by atoms with van der Waals surface area (Å²) in [4.78, 5) is 1.75. The van der Waals surface area contributed by atoms with Gasteiger partial charge < -0.3 is 19.7 Å². The molecule has 1 heterocycles. The summed E-state index contributed by atoms with van der Waals surface area (Å²) < 4.78 is 11.2. The van der Waals surface area contributed by atoms with E-state index < -0.39 is 12.5 Å². The Balaban J connectivity index is 3.11. The fourth-order valence-corrected chi connectivity index (χ4v) is 1.91. The Morgan fingerprint density at radius 3 is 2.28 bits per heavy atom. The van der Waals surface area contributed by atoms with Gasteiger partial charge >= 0.3 is 0 Å². The molecule has 98 valence electrons. The average Bonchev–Trinajstić information content (AvgIpc) is 2.39. The zero-order valence-electron chi connectivity index (χ0n) is 10.9. The van der Waals surface area contributed by atoms with Gasteiger partial charge in [-0.15, -0.1) is 0 Å². The molecule has 18 heavy (non-hydrogen) atoms. The molecule has 0 bridgehead atoms. The van der Waals surface area contributed by atoms with Crippen LogP contribution in [0.3, 0.4) is 0 Å². The number of hydrogen-bond acceptors (Lipinski definition) is 6. The lowest BCUT2D eigenvalue weighted by atomic mass is 10.2. The lowest BCUT2D eigenvalue weighted by Crippen LogP contribution is -2.56. The van der Waals surface area contributed by atoms with Gasteiger partial charge in [-0.1, -0.05) is 0 Å². The molecule has 2 atom stereocenters.